The van der Waals surface area contributed by atoms with Crippen LogP contribution >= 0.6 is 66.4 Å². The molecule has 0 aromatic heterocycles. The Labute approximate surface area is 151 Å². The third-order valence-corrected chi connectivity index (χ3v) is 2.44. The molecule has 0 bridgehead atoms. The molecule has 0 fully saturated rings. The van der Waals surface area contributed by atoms with E-state index in [4.69, 9.17) is 4.74 Å². The topological polar surface area (TPSA) is 52.4 Å². The fourth-order valence-corrected chi connectivity index (χ4v) is 1.50. The third-order valence-electron chi connectivity index (χ3n) is 1.99. The maximum atomic E-state index is 10.7. The van der Waals surface area contributed by atoms with Crippen molar-refractivity contribution in [1.82, 2.24) is 0 Å². The van der Waals surface area contributed by atoms with Crippen LogP contribution in [-0.2, 0) is 0 Å². The Hall–Kier alpha value is 0.510. The summed E-state index contributed by atoms with van der Waals surface area (Å²) in [6.45, 7) is 0. The first-order valence-corrected chi connectivity index (χ1v) is 13.8. The van der Waals surface area contributed by atoms with E-state index in [0.717, 1.165) is 17.3 Å². The van der Waals surface area contributed by atoms with Gasteiger partial charge in [-0.25, -0.2) is 0 Å². The summed E-state index contributed by atoms with van der Waals surface area (Å²) in [6, 6.07) is 4.81. The lowest BCUT2D eigenvalue weighted by Crippen LogP contribution is -1.93. The second kappa shape index (κ2) is 12.1. The molecule has 1 aromatic rings. The first kappa shape index (κ1) is 20.5. The molecular weight excluding hydrogens is 545 g/mol. The van der Waals surface area contributed by atoms with Gasteiger partial charge >= 0.3 is 5.69 Å². The summed E-state index contributed by atoms with van der Waals surface area (Å²) in [5, 5.41) is 11.6. The number of nitro groups is 1. The number of nitro benzene ring substituents is 1. The smallest absolute Gasteiger partial charge is 0.310 e. The Morgan fingerprint density at radius 3 is 2.45 bits per heavy atom. The molecule has 0 atom stereocenters. The minimum Gasteiger partial charge on any atom is -0.490 e. The quantitative estimate of drug-likeness (QED) is 0.173. The average Bonchev–Trinajstić information content (AvgIpc) is 2.38. The van der Waals surface area contributed by atoms with Crippen molar-refractivity contribution in [3.8, 4) is 5.75 Å². The van der Waals surface area contributed by atoms with Gasteiger partial charge in [-0.1, -0.05) is 28.1 Å². The second-order valence-corrected chi connectivity index (χ2v) is 19.4. The number of nitrogens with zero attached hydrogens (tertiary/aromatic N) is 1. The van der Waals surface area contributed by atoms with Gasteiger partial charge in [-0.2, -0.15) is 0 Å². The Kier molecular flexibility index (Phi) is 12.4. The first-order chi connectivity index (χ1) is 9.42. The molecule has 0 aliphatic rings. The van der Waals surface area contributed by atoms with Gasteiger partial charge in [0, 0.05) is 11.4 Å². The molecule has 112 valence electrons. The number of allylic oxidation sites excluding steroid dienone is 1. The Morgan fingerprint density at radius 2 is 2.00 bits per heavy atom. The average molecular weight is 557 g/mol. The molecule has 0 unspecified atom stereocenters. The molecule has 0 saturated heterocycles. The summed E-state index contributed by atoms with van der Waals surface area (Å²) in [4.78, 5) is 10.2. The first-order valence-electron chi connectivity index (χ1n) is 5.24. The summed E-state index contributed by atoms with van der Waals surface area (Å²) >= 11 is 12.8. The highest BCUT2D eigenvalue weighted by Gasteiger charge is 2.13. The lowest BCUT2D eigenvalue weighted by molar-refractivity contribution is -0.385. The van der Waals surface area contributed by atoms with Crippen LogP contribution in [0.15, 0.2) is 24.3 Å². The molecule has 9 heteroatoms. The Bertz CT molecular complexity index is 455. The third kappa shape index (κ3) is 9.45. The number of methoxy groups -OCH3 is 1. The summed E-state index contributed by atoms with van der Waals surface area (Å²) < 4.78 is 4.79. The number of benzene rings is 1. The second-order valence-electron chi connectivity index (χ2n) is 3.26. The monoisotopic (exact) mass is 553 g/mol. The van der Waals surface area contributed by atoms with Crippen molar-refractivity contribution in [2.75, 3.05) is 12.4 Å². The molecule has 0 saturated carbocycles. The van der Waals surface area contributed by atoms with E-state index >= 15 is 0 Å². The van der Waals surface area contributed by atoms with E-state index in [2.05, 4.69) is 62.4 Å². The molecule has 0 radical (unpaired) electrons. The van der Waals surface area contributed by atoms with Crippen molar-refractivity contribution in [3.05, 3.63) is 40.0 Å². The summed E-state index contributed by atoms with van der Waals surface area (Å²) in [7, 11) is 1.42. The van der Waals surface area contributed by atoms with Gasteiger partial charge in [0.2, 0.25) is 0 Å². The number of halogens is 4. The summed E-state index contributed by atoms with van der Waals surface area (Å²) in [5.41, 5.74) is 0.878. The predicted octanol–water partition coefficient (Wildman–Crippen LogP) is 6.80. The van der Waals surface area contributed by atoms with Crippen molar-refractivity contribution in [2.24, 2.45) is 0 Å². The van der Waals surface area contributed by atoms with Gasteiger partial charge in [-0.15, -0.1) is 0 Å². The Morgan fingerprint density at radius 1 is 1.40 bits per heavy atom. The van der Waals surface area contributed by atoms with Gasteiger partial charge < -0.3 is 4.74 Å². The summed E-state index contributed by atoms with van der Waals surface area (Å²) in [6.07, 6.45) is 4.82. The van der Waals surface area contributed by atoms with Gasteiger partial charge in [0.05, 0.1) is 12.0 Å². The zero-order valence-corrected chi connectivity index (χ0v) is 17.7. The highest BCUT2D eigenvalue weighted by atomic mass is 80.0. The SMILES string of the molecule is BrP(Br)Br.COc1cc(C=CCCBr)ccc1[N+](=O)[O-]. The predicted molar refractivity (Wildman–Crippen MR) is 101 cm³/mol. The lowest BCUT2D eigenvalue weighted by atomic mass is 10.1. The minimum absolute atomic E-state index is 0.0138. The van der Waals surface area contributed by atoms with Crippen LogP contribution in [-0.4, -0.2) is 17.4 Å². The van der Waals surface area contributed by atoms with Crippen LogP contribution in [0.3, 0.4) is 0 Å². The molecule has 0 aliphatic heterocycles. The van der Waals surface area contributed by atoms with Crippen LogP contribution in [0.25, 0.3) is 6.08 Å². The minimum atomic E-state index is -0.454. The van der Waals surface area contributed by atoms with E-state index in [1.165, 1.54) is 13.2 Å². The largest absolute Gasteiger partial charge is 0.490 e. The molecule has 0 heterocycles. The standard InChI is InChI=1S/C11H12BrNO3.Br3P/c1-16-11-8-9(4-2-3-7-12)5-6-10(11)13(14)15;1-4(2)3/h2,4-6,8H,3,7H2,1H3;. The highest BCUT2D eigenvalue weighted by molar-refractivity contribution is 9.93. The Balaban J connectivity index is 0.000000796. The van der Waals surface area contributed by atoms with Crippen LogP contribution in [0.4, 0.5) is 5.69 Å². The molecule has 0 N–H and O–H groups in total. The van der Waals surface area contributed by atoms with Crippen LogP contribution < -0.4 is 4.74 Å². The number of alkyl halides is 1. The van der Waals surface area contributed by atoms with E-state index in [1.54, 1.807) is 12.1 Å². The van der Waals surface area contributed by atoms with Crippen molar-refractivity contribution in [3.63, 3.8) is 0 Å². The highest BCUT2D eigenvalue weighted by Crippen LogP contribution is 2.59. The summed E-state index contributed by atoms with van der Waals surface area (Å²) in [5.74, 6) is 0.283. The zero-order valence-electron chi connectivity index (χ0n) is 10.4. The molecule has 4 nitrogen and oxygen atoms in total. The molecule has 0 spiro atoms. The number of ether oxygens (including phenoxy) is 1. The molecule has 1 rings (SSSR count). The van der Waals surface area contributed by atoms with Crippen molar-refractivity contribution in [2.45, 2.75) is 6.42 Å². The van der Waals surface area contributed by atoms with E-state index < -0.39 is 4.92 Å². The number of hydrogen-bond acceptors (Lipinski definition) is 3. The number of rotatable bonds is 5. The zero-order chi connectivity index (χ0) is 15.5. The van der Waals surface area contributed by atoms with Crippen molar-refractivity contribution >= 4 is 78.2 Å². The maximum absolute atomic E-state index is 10.7. The lowest BCUT2D eigenvalue weighted by Gasteiger charge is -2.02. The van der Waals surface area contributed by atoms with Gasteiger partial charge in [0.1, 0.15) is 4.03 Å². The van der Waals surface area contributed by atoms with Crippen LogP contribution in [0.1, 0.15) is 12.0 Å². The van der Waals surface area contributed by atoms with E-state index in [9.17, 15) is 10.1 Å². The van der Waals surface area contributed by atoms with E-state index in [0.29, 0.717) is 0 Å². The molecule has 0 amide bonds. The maximum Gasteiger partial charge on any atom is 0.310 e. The van der Waals surface area contributed by atoms with Gasteiger partial charge in [0.25, 0.3) is 0 Å². The van der Waals surface area contributed by atoms with Crippen LogP contribution in [0, 0.1) is 10.1 Å². The molecule has 1 aromatic carbocycles. The van der Waals surface area contributed by atoms with Crippen molar-refractivity contribution < 1.29 is 9.66 Å². The van der Waals surface area contributed by atoms with Crippen LogP contribution in [0.5, 0.6) is 5.75 Å². The van der Waals surface area contributed by atoms with E-state index in [-0.39, 0.29) is 15.5 Å². The van der Waals surface area contributed by atoms with E-state index in [1.807, 2.05) is 12.2 Å². The molecule has 20 heavy (non-hydrogen) atoms. The van der Waals surface area contributed by atoms with Crippen molar-refractivity contribution in [1.29, 1.82) is 0 Å². The van der Waals surface area contributed by atoms with Gasteiger partial charge in [-0.05, 0) is 70.6 Å². The molecular formula is C11H12Br4NO3P. The van der Waals surface area contributed by atoms with Gasteiger partial charge in [0.15, 0.2) is 5.75 Å². The fraction of sp³-hybridized carbons (Fsp3) is 0.273. The molecule has 0 aliphatic carbocycles. The fourth-order valence-electron chi connectivity index (χ4n) is 1.23. The van der Waals surface area contributed by atoms with Crippen LogP contribution in [0.2, 0.25) is 0 Å². The normalized spacial score (nSPS) is 10.3. The number of hydrogen-bond donors (Lipinski definition) is 0. The van der Waals surface area contributed by atoms with Gasteiger partial charge in [-0.3, -0.25) is 10.1 Å².